The fourth-order valence-electron chi connectivity index (χ4n) is 3.52. The molecular weight excluding hydrogens is 256 g/mol. The molecular formula is C20H16O. The number of methoxy groups -OCH3 is 1. The highest BCUT2D eigenvalue weighted by Crippen LogP contribution is 2.52. The zero-order chi connectivity index (χ0) is 14.3. The summed E-state index contributed by atoms with van der Waals surface area (Å²) in [5.41, 5.74) is 5.64. The Bertz CT molecular complexity index is 744. The van der Waals surface area contributed by atoms with Gasteiger partial charge in [-0.1, -0.05) is 78.9 Å². The van der Waals surface area contributed by atoms with E-state index in [0.29, 0.717) is 0 Å². The van der Waals surface area contributed by atoms with E-state index in [-0.39, 0.29) is 0 Å². The molecule has 1 aliphatic rings. The van der Waals surface area contributed by atoms with E-state index in [4.69, 9.17) is 4.74 Å². The highest BCUT2D eigenvalue weighted by atomic mass is 16.5. The van der Waals surface area contributed by atoms with Crippen molar-refractivity contribution >= 4 is 0 Å². The van der Waals surface area contributed by atoms with Gasteiger partial charge in [-0.05, 0) is 16.7 Å². The number of hydrogen-bond acceptors (Lipinski definition) is 1. The maximum Gasteiger partial charge on any atom is 0.144 e. The number of fused-ring (bicyclic) bond motifs is 3. The van der Waals surface area contributed by atoms with Crippen LogP contribution in [-0.2, 0) is 10.3 Å². The summed E-state index contributed by atoms with van der Waals surface area (Å²) < 4.78 is 6.14. The van der Waals surface area contributed by atoms with E-state index in [0.717, 1.165) is 0 Å². The topological polar surface area (TPSA) is 9.23 Å². The first-order chi connectivity index (χ1) is 10.4. The van der Waals surface area contributed by atoms with E-state index < -0.39 is 5.60 Å². The normalized spacial score (nSPS) is 14.5. The maximum atomic E-state index is 6.14. The van der Waals surface area contributed by atoms with Gasteiger partial charge in [0.1, 0.15) is 5.60 Å². The van der Waals surface area contributed by atoms with Crippen molar-refractivity contribution in [3.63, 3.8) is 0 Å². The fourth-order valence-corrected chi connectivity index (χ4v) is 3.52. The minimum atomic E-state index is -0.506. The molecule has 0 unspecified atom stereocenters. The number of hydrogen-bond donors (Lipinski definition) is 0. The number of rotatable bonds is 2. The molecule has 0 aliphatic heterocycles. The summed E-state index contributed by atoms with van der Waals surface area (Å²) in [5, 5.41) is 0. The molecule has 0 saturated heterocycles. The van der Waals surface area contributed by atoms with Gasteiger partial charge in [-0.2, -0.15) is 0 Å². The van der Waals surface area contributed by atoms with Crippen LogP contribution >= 0.6 is 0 Å². The minimum absolute atomic E-state index is 0.506. The minimum Gasteiger partial charge on any atom is -0.364 e. The Hall–Kier alpha value is -2.38. The molecule has 3 aromatic rings. The first-order valence-electron chi connectivity index (χ1n) is 7.18. The summed E-state index contributed by atoms with van der Waals surface area (Å²) in [6.45, 7) is 0. The molecule has 3 aromatic carbocycles. The SMILES string of the molecule is COC1(c2ccccc2)c2ccccc2-c2ccccc21. The van der Waals surface area contributed by atoms with Crippen LogP contribution < -0.4 is 0 Å². The molecule has 1 nitrogen and oxygen atoms in total. The first-order valence-corrected chi connectivity index (χ1v) is 7.18. The Labute approximate surface area is 124 Å². The van der Waals surface area contributed by atoms with E-state index in [1.54, 1.807) is 7.11 Å². The second kappa shape index (κ2) is 4.57. The Morgan fingerprint density at radius 1 is 0.619 bits per heavy atom. The average Bonchev–Trinajstić information content (AvgIpc) is 2.87. The Kier molecular flexibility index (Phi) is 2.69. The van der Waals surface area contributed by atoms with Crippen LogP contribution in [0.15, 0.2) is 78.9 Å². The van der Waals surface area contributed by atoms with E-state index in [1.807, 2.05) is 6.07 Å². The summed E-state index contributed by atoms with van der Waals surface area (Å²) in [4.78, 5) is 0. The van der Waals surface area contributed by atoms with Gasteiger partial charge in [0.25, 0.3) is 0 Å². The highest BCUT2D eigenvalue weighted by Gasteiger charge is 2.44. The zero-order valence-electron chi connectivity index (χ0n) is 11.9. The maximum absolute atomic E-state index is 6.14. The lowest BCUT2D eigenvalue weighted by molar-refractivity contribution is 0.0624. The second-order valence-corrected chi connectivity index (χ2v) is 5.34. The summed E-state index contributed by atoms with van der Waals surface area (Å²) in [5.74, 6) is 0. The predicted molar refractivity (Wildman–Crippen MR) is 85.2 cm³/mol. The van der Waals surface area contributed by atoms with Crippen molar-refractivity contribution in [2.45, 2.75) is 5.60 Å². The summed E-state index contributed by atoms with van der Waals surface area (Å²) in [6.07, 6.45) is 0. The molecule has 0 amide bonds. The van der Waals surface area contributed by atoms with Crippen molar-refractivity contribution in [1.82, 2.24) is 0 Å². The van der Waals surface area contributed by atoms with Crippen molar-refractivity contribution in [1.29, 1.82) is 0 Å². The molecule has 0 atom stereocenters. The van der Waals surface area contributed by atoms with Crippen LogP contribution in [0.3, 0.4) is 0 Å². The molecule has 102 valence electrons. The highest BCUT2D eigenvalue weighted by molar-refractivity contribution is 5.82. The second-order valence-electron chi connectivity index (χ2n) is 5.34. The predicted octanol–water partition coefficient (Wildman–Crippen LogP) is 4.61. The number of ether oxygens (including phenoxy) is 1. The van der Waals surface area contributed by atoms with Crippen LogP contribution in [0, 0.1) is 0 Å². The van der Waals surface area contributed by atoms with Gasteiger partial charge in [0, 0.05) is 18.2 Å². The molecule has 1 heteroatoms. The van der Waals surface area contributed by atoms with Gasteiger partial charge in [-0.3, -0.25) is 0 Å². The molecule has 0 aromatic heterocycles. The molecule has 0 N–H and O–H groups in total. The average molecular weight is 272 g/mol. The molecule has 1 aliphatic carbocycles. The van der Waals surface area contributed by atoms with Crippen LogP contribution in [0.25, 0.3) is 11.1 Å². The third-order valence-electron chi connectivity index (χ3n) is 4.39. The van der Waals surface area contributed by atoms with Crippen LogP contribution in [0.1, 0.15) is 16.7 Å². The van der Waals surface area contributed by atoms with Gasteiger partial charge in [0.2, 0.25) is 0 Å². The molecule has 0 spiro atoms. The number of benzene rings is 3. The molecule has 0 fully saturated rings. The van der Waals surface area contributed by atoms with Crippen LogP contribution in [0.4, 0.5) is 0 Å². The van der Waals surface area contributed by atoms with E-state index >= 15 is 0 Å². The van der Waals surface area contributed by atoms with Gasteiger partial charge in [-0.25, -0.2) is 0 Å². The van der Waals surface area contributed by atoms with Crippen molar-refractivity contribution in [3.05, 3.63) is 95.6 Å². The first kappa shape index (κ1) is 12.4. The third-order valence-corrected chi connectivity index (χ3v) is 4.39. The van der Waals surface area contributed by atoms with Crippen LogP contribution in [0.5, 0.6) is 0 Å². The quantitative estimate of drug-likeness (QED) is 0.662. The van der Waals surface area contributed by atoms with Crippen LogP contribution in [0.2, 0.25) is 0 Å². The Balaban J connectivity index is 2.12. The van der Waals surface area contributed by atoms with Gasteiger partial charge in [0.05, 0.1) is 0 Å². The van der Waals surface area contributed by atoms with Gasteiger partial charge >= 0.3 is 0 Å². The van der Waals surface area contributed by atoms with E-state index in [1.165, 1.54) is 27.8 Å². The lowest BCUT2D eigenvalue weighted by atomic mass is 9.84. The lowest BCUT2D eigenvalue weighted by Crippen LogP contribution is -2.29. The molecule has 21 heavy (non-hydrogen) atoms. The summed E-state index contributed by atoms with van der Waals surface area (Å²) >= 11 is 0. The molecule has 0 radical (unpaired) electrons. The van der Waals surface area contributed by atoms with Gasteiger partial charge < -0.3 is 4.74 Å². The standard InChI is InChI=1S/C20H16O/c1-21-20(15-9-3-2-4-10-15)18-13-7-5-11-16(18)17-12-6-8-14-19(17)20/h2-14H,1H3. The Morgan fingerprint density at radius 2 is 1.10 bits per heavy atom. The smallest absolute Gasteiger partial charge is 0.144 e. The van der Waals surface area contributed by atoms with Gasteiger partial charge in [-0.15, -0.1) is 0 Å². The monoisotopic (exact) mass is 272 g/mol. The lowest BCUT2D eigenvalue weighted by Gasteiger charge is -2.31. The molecule has 4 rings (SSSR count). The third kappa shape index (κ3) is 1.55. The zero-order valence-corrected chi connectivity index (χ0v) is 11.9. The van der Waals surface area contributed by atoms with E-state index in [2.05, 4.69) is 72.8 Å². The molecule has 0 heterocycles. The Morgan fingerprint density at radius 3 is 1.62 bits per heavy atom. The fraction of sp³-hybridized carbons (Fsp3) is 0.100. The molecule has 0 bridgehead atoms. The van der Waals surface area contributed by atoms with Crippen molar-refractivity contribution in [2.24, 2.45) is 0 Å². The molecule has 0 saturated carbocycles. The van der Waals surface area contributed by atoms with Crippen molar-refractivity contribution in [3.8, 4) is 11.1 Å². The van der Waals surface area contributed by atoms with Crippen molar-refractivity contribution < 1.29 is 4.74 Å². The van der Waals surface area contributed by atoms with Crippen molar-refractivity contribution in [2.75, 3.05) is 7.11 Å². The van der Waals surface area contributed by atoms with Gasteiger partial charge in [0.15, 0.2) is 0 Å². The largest absolute Gasteiger partial charge is 0.364 e. The van der Waals surface area contributed by atoms with Crippen LogP contribution in [-0.4, -0.2) is 7.11 Å². The van der Waals surface area contributed by atoms with E-state index in [9.17, 15) is 0 Å². The summed E-state index contributed by atoms with van der Waals surface area (Å²) in [6, 6.07) is 27.5. The summed E-state index contributed by atoms with van der Waals surface area (Å²) in [7, 11) is 1.80.